The third-order valence-electron chi connectivity index (χ3n) is 5.33. The summed E-state index contributed by atoms with van der Waals surface area (Å²) in [7, 11) is -4.24. The van der Waals surface area contributed by atoms with Crippen LogP contribution >= 0.6 is 0 Å². The number of nitrogens with zero attached hydrogens (tertiary/aromatic N) is 3. The van der Waals surface area contributed by atoms with Gasteiger partial charge in [0.15, 0.2) is 11.8 Å². The molecule has 0 fully saturated rings. The summed E-state index contributed by atoms with van der Waals surface area (Å²) in [5.41, 5.74) is -1.34. The zero-order valence-electron chi connectivity index (χ0n) is 18.9. The summed E-state index contributed by atoms with van der Waals surface area (Å²) >= 11 is 0. The van der Waals surface area contributed by atoms with E-state index in [0.717, 1.165) is 30.4 Å². The molecule has 2 aromatic rings. The standard InChI is InChI=1S/C21H28N6O6S/c1-15-13-23-20(24-15)22-11-7-6-8-16-12-18(25-33-16)27(14-28)21(2,19(29)30)26-34(31,32)17-9-4-3-5-10-17/h3-5,9-10,13-14,16,26H,6-8,11-12H2,1-2H3,(H,29,30)(H2,22,23,24). The molecule has 2 atom stereocenters. The average molecular weight is 493 g/mol. The maximum atomic E-state index is 12.8. The van der Waals surface area contributed by atoms with Gasteiger partial charge in [-0.2, -0.15) is 4.72 Å². The number of amidine groups is 1. The fourth-order valence-electron chi connectivity index (χ4n) is 3.46. The lowest BCUT2D eigenvalue weighted by atomic mass is 10.1. The van der Waals surface area contributed by atoms with Crippen LogP contribution in [0.4, 0.5) is 5.95 Å². The maximum absolute atomic E-state index is 12.8. The molecule has 1 amide bonds. The van der Waals surface area contributed by atoms with Crippen molar-refractivity contribution in [3.63, 3.8) is 0 Å². The van der Waals surface area contributed by atoms with Crippen LogP contribution in [0.1, 0.15) is 38.3 Å². The van der Waals surface area contributed by atoms with Gasteiger partial charge >= 0.3 is 5.97 Å². The van der Waals surface area contributed by atoms with Crippen LogP contribution in [0.25, 0.3) is 0 Å². The first-order chi connectivity index (χ1) is 16.2. The Morgan fingerprint density at radius 3 is 2.71 bits per heavy atom. The first-order valence-electron chi connectivity index (χ1n) is 10.7. The van der Waals surface area contributed by atoms with E-state index < -0.39 is 21.7 Å². The summed E-state index contributed by atoms with van der Waals surface area (Å²) in [6.07, 6.45) is 4.02. The van der Waals surface area contributed by atoms with Crippen LogP contribution in [-0.4, -0.2) is 64.9 Å². The van der Waals surface area contributed by atoms with E-state index in [1.807, 2.05) is 6.92 Å². The molecule has 1 aromatic heterocycles. The van der Waals surface area contributed by atoms with Gasteiger partial charge in [-0.3, -0.25) is 9.69 Å². The number of hydrogen-bond acceptors (Lipinski definition) is 8. The Balaban J connectivity index is 1.58. The average Bonchev–Trinajstić information content (AvgIpc) is 3.43. The topological polar surface area (TPSA) is 166 Å². The van der Waals surface area contributed by atoms with Gasteiger partial charge in [0.1, 0.15) is 6.10 Å². The van der Waals surface area contributed by atoms with E-state index in [4.69, 9.17) is 4.84 Å². The van der Waals surface area contributed by atoms with Crippen molar-refractivity contribution in [2.24, 2.45) is 5.16 Å². The lowest BCUT2D eigenvalue weighted by molar-refractivity contribution is -0.151. The minimum absolute atomic E-state index is 0.0323. The molecule has 1 aliphatic heterocycles. The Morgan fingerprint density at radius 2 is 2.09 bits per heavy atom. The summed E-state index contributed by atoms with van der Waals surface area (Å²) in [5.74, 6) is -0.831. The van der Waals surface area contributed by atoms with Gasteiger partial charge < -0.3 is 20.2 Å². The highest BCUT2D eigenvalue weighted by Crippen LogP contribution is 2.24. The molecular formula is C21H28N6O6S. The molecule has 3 rings (SSSR count). The van der Waals surface area contributed by atoms with E-state index in [0.29, 0.717) is 18.9 Å². The van der Waals surface area contributed by atoms with E-state index in [1.165, 1.54) is 24.3 Å². The van der Waals surface area contributed by atoms with Crippen LogP contribution in [0.5, 0.6) is 0 Å². The molecule has 1 aliphatic rings. The van der Waals surface area contributed by atoms with Gasteiger partial charge in [0.05, 0.1) is 4.90 Å². The van der Waals surface area contributed by atoms with Crippen molar-refractivity contribution in [2.45, 2.75) is 56.2 Å². The zero-order chi connectivity index (χ0) is 24.8. The number of hydrogen-bond donors (Lipinski definition) is 4. The molecule has 34 heavy (non-hydrogen) atoms. The van der Waals surface area contributed by atoms with Crippen LogP contribution < -0.4 is 10.0 Å². The van der Waals surface area contributed by atoms with Crippen molar-refractivity contribution in [2.75, 3.05) is 11.9 Å². The van der Waals surface area contributed by atoms with E-state index in [1.54, 1.807) is 12.3 Å². The predicted octanol–water partition coefficient (Wildman–Crippen LogP) is 1.64. The van der Waals surface area contributed by atoms with Crippen LogP contribution in [0.2, 0.25) is 0 Å². The number of carboxylic acids is 1. The Labute approximate surface area is 197 Å². The number of nitrogens with one attached hydrogen (secondary N) is 3. The van der Waals surface area contributed by atoms with E-state index in [2.05, 4.69) is 25.2 Å². The molecule has 0 aliphatic carbocycles. The molecule has 0 saturated carbocycles. The number of benzene rings is 1. The second-order valence-corrected chi connectivity index (χ2v) is 9.73. The molecule has 2 unspecified atom stereocenters. The number of carbonyl (C=O) groups is 2. The molecule has 0 saturated heterocycles. The van der Waals surface area contributed by atoms with Gasteiger partial charge in [-0.15, -0.1) is 0 Å². The highest BCUT2D eigenvalue weighted by molar-refractivity contribution is 7.89. The van der Waals surface area contributed by atoms with E-state index in [-0.39, 0.29) is 29.7 Å². The van der Waals surface area contributed by atoms with Crippen LogP contribution in [0.3, 0.4) is 0 Å². The molecule has 0 radical (unpaired) electrons. The Morgan fingerprint density at radius 1 is 1.35 bits per heavy atom. The number of oxime groups is 1. The van der Waals surface area contributed by atoms with Crippen molar-refractivity contribution in [3.8, 4) is 0 Å². The number of aryl methyl sites for hydroxylation is 1. The summed E-state index contributed by atoms with van der Waals surface area (Å²) in [6.45, 7) is 3.70. The molecule has 0 bridgehead atoms. The van der Waals surface area contributed by atoms with Crippen molar-refractivity contribution in [1.29, 1.82) is 0 Å². The van der Waals surface area contributed by atoms with Crippen molar-refractivity contribution >= 4 is 34.2 Å². The van der Waals surface area contributed by atoms with Crippen LogP contribution in [0.15, 0.2) is 46.6 Å². The number of carbonyl (C=O) groups excluding carboxylic acids is 1. The van der Waals surface area contributed by atoms with Gasteiger partial charge in [0.25, 0.3) is 0 Å². The number of H-pyrrole nitrogens is 1. The van der Waals surface area contributed by atoms with Gasteiger partial charge in [-0.1, -0.05) is 23.4 Å². The lowest BCUT2D eigenvalue weighted by Crippen LogP contribution is -2.64. The quantitative estimate of drug-likeness (QED) is 0.197. The number of rotatable bonds is 12. The van der Waals surface area contributed by atoms with Crippen molar-refractivity contribution < 1.29 is 28.0 Å². The Bertz CT molecular complexity index is 1140. The second-order valence-electron chi connectivity index (χ2n) is 8.05. The maximum Gasteiger partial charge on any atom is 0.346 e. The third-order valence-corrected chi connectivity index (χ3v) is 6.89. The zero-order valence-corrected chi connectivity index (χ0v) is 19.7. The number of aromatic amines is 1. The fraction of sp³-hybridized carbons (Fsp3) is 0.429. The largest absolute Gasteiger partial charge is 0.478 e. The lowest BCUT2D eigenvalue weighted by Gasteiger charge is -2.34. The molecular weight excluding hydrogens is 464 g/mol. The summed E-state index contributed by atoms with van der Waals surface area (Å²) in [4.78, 5) is 37.2. The van der Waals surface area contributed by atoms with Crippen LogP contribution in [0, 0.1) is 6.92 Å². The molecule has 2 heterocycles. The minimum atomic E-state index is -4.24. The number of aromatic nitrogens is 2. The number of sulfonamides is 1. The summed E-state index contributed by atoms with van der Waals surface area (Å²) in [5, 5.41) is 16.9. The number of amides is 1. The predicted molar refractivity (Wildman–Crippen MR) is 123 cm³/mol. The fourth-order valence-corrected chi connectivity index (χ4v) is 4.80. The second kappa shape index (κ2) is 10.7. The van der Waals surface area contributed by atoms with Gasteiger partial charge in [0.2, 0.25) is 22.1 Å². The minimum Gasteiger partial charge on any atom is -0.478 e. The van der Waals surface area contributed by atoms with Gasteiger partial charge in [-0.05, 0) is 45.2 Å². The van der Waals surface area contributed by atoms with E-state index >= 15 is 0 Å². The first kappa shape index (κ1) is 25.2. The first-order valence-corrected chi connectivity index (χ1v) is 12.2. The van der Waals surface area contributed by atoms with Crippen LogP contribution in [-0.2, 0) is 24.4 Å². The number of imidazole rings is 1. The molecule has 12 nitrogen and oxygen atoms in total. The normalized spacial score (nSPS) is 17.4. The molecule has 13 heteroatoms. The molecule has 0 spiro atoms. The number of aliphatic carboxylic acids is 1. The van der Waals surface area contributed by atoms with Gasteiger partial charge in [-0.25, -0.2) is 18.2 Å². The Hall–Kier alpha value is -3.45. The smallest absolute Gasteiger partial charge is 0.346 e. The number of unbranched alkanes of at least 4 members (excludes halogenated alkanes) is 1. The third kappa shape index (κ3) is 5.91. The molecule has 1 aromatic carbocycles. The molecule has 184 valence electrons. The van der Waals surface area contributed by atoms with Crippen molar-refractivity contribution in [3.05, 3.63) is 42.2 Å². The molecule has 4 N–H and O–H groups in total. The number of anilines is 1. The monoisotopic (exact) mass is 492 g/mol. The number of carboxylic acid groups (broad SMARTS) is 1. The SMILES string of the molecule is Cc1cnc(NCCCCC2CC(N(C=O)C(C)(NS(=O)(=O)c3ccccc3)C(=O)O)=NO2)[nH]1. The van der Waals surface area contributed by atoms with E-state index in [9.17, 15) is 23.1 Å². The van der Waals surface area contributed by atoms with Crippen molar-refractivity contribution in [1.82, 2.24) is 19.6 Å². The highest BCUT2D eigenvalue weighted by atomic mass is 32.2. The summed E-state index contributed by atoms with van der Waals surface area (Å²) < 4.78 is 27.6. The van der Waals surface area contributed by atoms with Gasteiger partial charge in [0, 0.05) is 24.9 Å². The summed E-state index contributed by atoms with van der Waals surface area (Å²) in [6, 6.07) is 7.30. The Kier molecular flexibility index (Phi) is 7.89. The highest BCUT2D eigenvalue weighted by Gasteiger charge is 2.47.